The summed E-state index contributed by atoms with van der Waals surface area (Å²) in [5, 5.41) is 22.1. The Morgan fingerprint density at radius 3 is 2.50 bits per heavy atom. The fraction of sp³-hybridized carbons (Fsp3) is 0.692. The van der Waals surface area contributed by atoms with E-state index in [-0.39, 0.29) is 16.9 Å². The Morgan fingerprint density at radius 2 is 1.71 bits per heavy atom. The number of aliphatic hydroxyl groups excluding tert-OH is 1. The number of benzene rings is 1. The van der Waals surface area contributed by atoms with Crippen LogP contribution in [0.5, 0.6) is 0 Å². The molecule has 1 aromatic rings. The van der Waals surface area contributed by atoms with Gasteiger partial charge in [0.2, 0.25) is 0 Å². The maximum Gasteiger partial charge on any atom is 0.0744 e. The molecular formula is C26H36O2. The van der Waals surface area contributed by atoms with Crippen molar-refractivity contribution in [2.45, 2.75) is 83.3 Å². The van der Waals surface area contributed by atoms with Crippen molar-refractivity contribution in [2.75, 3.05) is 0 Å². The summed E-state index contributed by atoms with van der Waals surface area (Å²) >= 11 is 0. The predicted octanol–water partition coefficient (Wildman–Crippen LogP) is 5.28. The molecule has 0 saturated heterocycles. The highest BCUT2D eigenvalue weighted by molar-refractivity contribution is 5.27. The van der Waals surface area contributed by atoms with Gasteiger partial charge in [0.15, 0.2) is 0 Å². The molecule has 28 heavy (non-hydrogen) atoms. The van der Waals surface area contributed by atoms with Crippen LogP contribution >= 0.6 is 0 Å². The van der Waals surface area contributed by atoms with Gasteiger partial charge in [0.1, 0.15) is 0 Å². The minimum absolute atomic E-state index is 0.0277. The van der Waals surface area contributed by atoms with E-state index in [9.17, 15) is 10.2 Å². The number of hydrogen-bond acceptors (Lipinski definition) is 2. The van der Waals surface area contributed by atoms with Gasteiger partial charge in [-0.1, -0.05) is 55.8 Å². The lowest BCUT2D eigenvalue weighted by Gasteiger charge is -2.59. The van der Waals surface area contributed by atoms with Gasteiger partial charge < -0.3 is 10.2 Å². The molecule has 2 N–H and O–H groups in total. The Bertz CT molecular complexity index is 770. The van der Waals surface area contributed by atoms with E-state index in [1.807, 2.05) is 0 Å². The average Bonchev–Trinajstić information content (AvgIpc) is 2.94. The molecule has 4 aliphatic rings. The van der Waals surface area contributed by atoms with Gasteiger partial charge in [-0.2, -0.15) is 0 Å². The SMILES string of the molecule is C[C@]12CC[C@H](O)CC1=CC[C@@H]1[C@@H]2CC[C@@]2(C)[C@H]1CC[C@@]2(O)Cc1ccccc1. The Kier molecular flexibility index (Phi) is 4.34. The topological polar surface area (TPSA) is 40.5 Å². The van der Waals surface area contributed by atoms with Crippen LogP contribution in [0.15, 0.2) is 42.0 Å². The summed E-state index contributed by atoms with van der Waals surface area (Å²) < 4.78 is 0. The molecule has 0 radical (unpaired) electrons. The molecule has 0 spiro atoms. The van der Waals surface area contributed by atoms with E-state index >= 15 is 0 Å². The number of allylic oxidation sites excluding steroid dienone is 1. The van der Waals surface area contributed by atoms with Crippen LogP contribution in [0.25, 0.3) is 0 Å². The number of rotatable bonds is 2. The summed E-state index contributed by atoms with van der Waals surface area (Å²) in [5.41, 5.74) is 2.54. The first kappa shape index (κ1) is 18.9. The summed E-state index contributed by atoms with van der Waals surface area (Å²) in [6.45, 7) is 4.88. The quantitative estimate of drug-likeness (QED) is 0.685. The second-order valence-corrected chi connectivity index (χ2v) is 10.8. The Morgan fingerprint density at radius 1 is 0.964 bits per heavy atom. The second kappa shape index (κ2) is 6.44. The highest BCUT2D eigenvalue weighted by Crippen LogP contribution is 2.67. The van der Waals surface area contributed by atoms with Crippen LogP contribution in [-0.2, 0) is 6.42 Å². The minimum atomic E-state index is -0.572. The Balaban J connectivity index is 1.44. The van der Waals surface area contributed by atoms with Gasteiger partial charge in [-0.15, -0.1) is 0 Å². The highest BCUT2D eigenvalue weighted by atomic mass is 16.3. The van der Waals surface area contributed by atoms with E-state index in [0.29, 0.717) is 11.8 Å². The van der Waals surface area contributed by atoms with E-state index in [2.05, 4.69) is 50.3 Å². The van der Waals surface area contributed by atoms with Crippen molar-refractivity contribution in [1.82, 2.24) is 0 Å². The molecule has 5 rings (SSSR count). The van der Waals surface area contributed by atoms with Crippen molar-refractivity contribution in [3.63, 3.8) is 0 Å². The summed E-state index contributed by atoms with van der Waals surface area (Å²) in [7, 11) is 0. The Labute approximate surface area is 170 Å². The second-order valence-electron chi connectivity index (χ2n) is 10.8. The fourth-order valence-corrected chi connectivity index (χ4v) is 7.98. The van der Waals surface area contributed by atoms with Crippen LogP contribution in [0.3, 0.4) is 0 Å². The zero-order valence-electron chi connectivity index (χ0n) is 17.5. The van der Waals surface area contributed by atoms with Crippen LogP contribution in [0, 0.1) is 28.6 Å². The van der Waals surface area contributed by atoms with Crippen molar-refractivity contribution >= 4 is 0 Å². The van der Waals surface area contributed by atoms with Crippen molar-refractivity contribution in [3.8, 4) is 0 Å². The molecule has 1 aromatic carbocycles. The first-order valence-electron chi connectivity index (χ1n) is 11.5. The van der Waals surface area contributed by atoms with Crippen LogP contribution in [0.4, 0.5) is 0 Å². The van der Waals surface area contributed by atoms with Gasteiger partial charge >= 0.3 is 0 Å². The molecule has 2 nitrogen and oxygen atoms in total. The maximum atomic E-state index is 11.9. The van der Waals surface area contributed by atoms with Crippen molar-refractivity contribution in [3.05, 3.63) is 47.5 Å². The third kappa shape index (κ3) is 2.60. The largest absolute Gasteiger partial charge is 0.393 e. The van der Waals surface area contributed by atoms with Crippen LogP contribution < -0.4 is 0 Å². The molecular weight excluding hydrogens is 344 g/mol. The zero-order valence-corrected chi connectivity index (χ0v) is 17.5. The van der Waals surface area contributed by atoms with Gasteiger partial charge in [-0.05, 0) is 85.5 Å². The van der Waals surface area contributed by atoms with Crippen LogP contribution in [-0.4, -0.2) is 21.9 Å². The number of hydrogen-bond donors (Lipinski definition) is 2. The summed E-state index contributed by atoms with van der Waals surface area (Å²) in [6.07, 6.45) is 11.8. The summed E-state index contributed by atoms with van der Waals surface area (Å²) in [4.78, 5) is 0. The summed E-state index contributed by atoms with van der Waals surface area (Å²) in [6, 6.07) is 10.6. The van der Waals surface area contributed by atoms with Gasteiger partial charge in [-0.3, -0.25) is 0 Å². The standard InChI is InChI=1S/C26H36O2/c1-24-13-10-20(27)16-19(24)8-9-21-22(24)11-14-25(2)23(21)12-15-26(25,28)17-18-6-4-3-5-7-18/h3-8,20-23,27-28H,9-17H2,1-2H3/t20-,21+,22-,23-,24-,25-,26+/m0/s1. The van der Waals surface area contributed by atoms with Crippen molar-refractivity contribution < 1.29 is 10.2 Å². The Hall–Kier alpha value is -1.12. The van der Waals surface area contributed by atoms with E-state index in [0.717, 1.165) is 50.9 Å². The van der Waals surface area contributed by atoms with Gasteiger partial charge in [0.05, 0.1) is 11.7 Å². The molecule has 2 heteroatoms. The lowest BCUT2D eigenvalue weighted by Crippen LogP contribution is -2.55. The van der Waals surface area contributed by atoms with E-state index in [4.69, 9.17) is 0 Å². The molecule has 3 saturated carbocycles. The van der Waals surface area contributed by atoms with Crippen LogP contribution in [0.2, 0.25) is 0 Å². The van der Waals surface area contributed by atoms with E-state index < -0.39 is 5.60 Å². The van der Waals surface area contributed by atoms with Crippen LogP contribution in [0.1, 0.15) is 70.8 Å². The monoisotopic (exact) mass is 380 g/mol. The molecule has 7 atom stereocenters. The van der Waals surface area contributed by atoms with Gasteiger partial charge in [-0.25, -0.2) is 0 Å². The van der Waals surface area contributed by atoms with E-state index in [1.54, 1.807) is 0 Å². The molecule has 152 valence electrons. The third-order valence-electron chi connectivity index (χ3n) is 9.74. The molecule has 0 unspecified atom stereocenters. The fourth-order valence-electron chi connectivity index (χ4n) is 7.98. The number of fused-ring (bicyclic) bond motifs is 5. The van der Waals surface area contributed by atoms with Crippen molar-refractivity contribution in [2.24, 2.45) is 28.6 Å². The predicted molar refractivity (Wildman–Crippen MR) is 113 cm³/mol. The molecule has 4 aliphatic carbocycles. The zero-order chi connectivity index (χ0) is 19.6. The highest BCUT2D eigenvalue weighted by Gasteiger charge is 2.63. The molecule has 0 heterocycles. The summed E-state index contributed by atoms with van der Waals surface area (Å²) in [5.74, 6) is 2.06. The van der Waals surface area contributed by atoms with Crippen molar-refractivity contribution in [1.29, 1.82) is 0 Å². The molecule has 0 aliphatic heterocycles. The lowest BCUT2D eigenvalue weighted by atomic mass is 9.46. The molecule has 0 bridgehead atoms. The number of aliphatic hydroxyl groups is 2. The average molecular weight is 381 g/mol. The normalized spacial score (nSPS) is 47.6. The van der Waals surface area contributed by atoms with Gasteiger partial charge in [0, 0.05) is 6.42 Å². The lowest BCUT2D eigenvalue weighted by molar-refractivity contribution is -0.124. The molecule has 0 amide bonds. The van der Waals surface area contributed by atoms with Gasteiger partial charge in [0.25, 0.3) is 0 Å². The van der Waals surface area contributed by atoms with E-state index in [1.165, 1.54) is 24.0 Å². The smallest absolute Gasteiger partial charge is 0.0744 e. The minimum Gasteiger partial charge on any atom is -0.393 e. The molecule has 3 fully saturated rings. The third-order valence-corrected chi connectivity index (χ3v) is 9.74. The first-order valence-corrected chi connectivity index (χ1v) is 11.5. The molecule has 0 aromatic heterocycles. The first-order chi connectivity index (χ1) is 13.4. The maximum absolute atomic E-state index is 11.9.